The number of benzene rings is 2. The van der Waals surface area contributed by atoms with Gasteiger partial charge in [-0.2, -0.15) is 0 Å². The van der Waals surface area contributed by atoms with Gasteiger partial charge in [0.05, 0.1) is 13.1 Å². The lowest BCUT2D eigenvalue weighted by Gasteiger charge is -2.36. The third-order valence-corrected chi connectivity index (χ3v) is 4.83. The first-order chi connectivity index (χ1) is 14.3. The van der Waals surface area contributed by atoms with Crippen LogP contribution in [0.15, 0.2) is 60.7 Å². The Labute approximate surface area is 164 Å². The number of hydroxylamine groups is 2. The monoisotopic (exact) mass is 372 g/mol. The Balaban J connectivity index is 1.97. The molecule has 2 aromatic carbocycles. The molecule has 5 heteroatoms. The summed E-state index contributed by atoms with van der Waals surface area (Å²) in [5.74, 6) is -0.593. The van der Waals surface area contributed by atoms with E-state index < -0.39 is 18.4 Å². The maximum absolute atomic E-state index is 13.6. The van der Waals surface area contributed by atoms with Crippen molar-refractivity contribution < 1.29 is 23.4 Å². The summed E-state index contributed by atoms with van der Waals surface area (Å²) in [4.78, 5) is 13.6. The van der Waals surface area contributed by atoms with E-state index in [0.717, 1.165) is 0 Å². The number of carbonyl (C=O) groups is 1. The quantitative estimate of drug-likeness (QED) is 0.599. The van der Waals surface area contributed by atoms with Crippen molar-refractivity contribution in [2.45, 2.75) is 37.8 Å². The maximum atomic E-state index is 13.6. The summed E-state index contributed by atoms with van der Waals surface area (Å²) in [7, 11) is 0. The Morgan fingerprint density at radius 2 is 1.67 bits per heavy atom. The summed E-state index contributed by atoms with van der Waals surface area (Å²) in [6, 6.07) is 17.9. The summed E-state index contributed by atoms with van der Waals surface area (Å²) in [5, 5.41) is 11.7. The Bertz CT molecular complexity index is 767. The molecule has 0 bridgehead atoms. The molecule has 0 radical (unpaired) electrons. The summed E-state index contributed by atoms with van der Waals surface area (Å²) < 4.78 is 34.4. The fourth-order valence-corrected chi connectivity index (χ4v) is 3.44. The number of rotatable bonds is 7. The average Bonchev–Trinajstić information content (AvgIpc) is 2.73. The van der Waals surface area contributed by atoms with E-state index in [4.69, 9.17) is 13.6 Å². The molecule has 0 saturated carbocycles. The highest BCUT2D eigenvalue weighted by atomic mass is 16.6. The summed E-state index contributed by atoms with van der Waals surface area (Å²) in [5.41, 5.74) is -0.452. The van der Waals surface area contributed by atoms with Crippen molar-refractivity contribution in [3.63, 3.8) is 0 Å². The minimum absolute atomic E-state index is 0.140. The van der Waals surface area contributed by atoms with Gasteiger partial charge in [0.25, 0.3) is 0 Å². The predicted octanol–water partition coefficient (Wildman–Crippen LogP) is 2.45. The van der Waals surface area contributed by atoms with Crippen LogP contribution in [0.4, 0.5) is 0 Å². The van der Waals surface area contributed by atoms with Crippen LogP contribution in [0.3, 0.4) is 0 Å². The Morgan fingerprint density at radius 3 is 2.19 bits per heavy atom. The highest BCUT2D eigenvalue weighted by Gasteiger charge is 2.46. The molecular weight excluding hydrogens is 342 g/mol. The lowest BCUT2D eigenvalue weighted by Crippen LogP contribution is -3.08. The lowest BCUT2D eigenvalue weighted by atomic mass is 9.85. The SMILES string of the molecule is [2H]C([2H])([2H])CCOC(C(=O)OC1CC[NH+]([O-])CC1)(c1ccccc1)c1ccccc1. The van der Waals surface area contributed by atoms with Crippen LogP contribution in [0.2, 0.25) is 0 Å². The minimum Gasteiger partial charge on any atom is -0.634 e. The molecular formula is C22H27NO4. The molecule has 27 heavy (non-hydrogen) atoms. The van der Waals surface area contributed by atoms with E-state index in [1.165, 1.54) is 0 Å². The molecule has 5 nitrogen and oxygen atoms in total. The van der Waals surface area contributed by atoms with Crippen molar-refractivity contribution in [3.05, 3.63) is 77.0 Å². The van der Waals surface area contributed by atoms with Crippen molar-refractivity contribution in [1.82, 2.24) is 0 Å². The molecule has 0 aromatic heterocycles. The minimum atomic E-state index is -2.17. The zero-order chi connectivity index (χ0) is 21.6. The van der Waals surface area contributed by atoms with Gasteiger partial charge >= 0.3 is 5.97 Å². The van der Waals surface area contributed by atoms with E-state index in [2.05, 4.69) is 0 Å². The second-order valence-corrected chi connectivity index (χ2v) is 6.66. The number of nitrogens with one attached hydrogen (secondary N) is 1. The van der Waals surface area contributed by atoms with Crippen molar-refractivity contribution >= 4 is 5.97 Å². The number of ether oxygens (including phenoxy) is 2. The van der Waals surface area contributed by atoms with Gasteiger partial charge in [-0.1, -0.05) is 67.5 Å². The van der Waals surface area contributed by atoms with Crippen LogP contribution in [0.25, 0.3) is 0 Å². The molecule has 144 valence electrons. The topological polar surface area (TPSA) is 63.0 Å². The molecule has 1 aliphatic heterocycles. The third-order valence-electron chi connectivity index (χ3n) is 4.83. The van der Waals surface area contributed by atoms with Crippen molar-refractivity contribution in [2.75, 3.05) is 19.7 Å². The lowest BCUT2D eigenvalue weighted by molar-refractivity contribution is -0.854. The summed E-state index contributed by atoms with van der Waals surface area (Å²) >= 11 is 0. The molecule has 0 atom stereocenters. The van der Waals surface area contributed by atoms with Gasteiger partial charge in [-0.3, -0.25) is 0 Å². The first kappa shape index (κ1) is 15.8. The molecule has 1 N–H and O–H groups in total. The van der Waals surface area contributed by atoms with E-state index in [1.54, 1.807) is 48.5 Å². The molecule has 1 aliphatic rings. The van der Waals surface area contributed by atoms with E-state index >= 15 is 0 Å². The third kappa shape index (κ3) is 4.38. The van der Waals surface area contributed by atoms with Crippen LogP contribution in [-0.4, -0.2) is 31.8 Å². The zero-order valence-corrected chi connectivity index (χ0v) is 15.2. The van der Waals surface area contributed by atoms with E-state index in [9.17, 15) is 10.0 Å². The molecule has 3 rings (SSSR count). The van der Waals surface area contributed by atoms with Gasteiger partial charge < -0.3 is 19.7 Å². The first-order valence-corrected chi connectivity index (χ1v) is 9.29. The molecule has 0 aliphatic carbocycles. The van der Waals surface area contributed by atoms with Gasteiger partial charge in [-0.15, -0.1) is 0 Å². The fourth-order valence-electron chi connectivity index (χ4n) is 3.44. The number of hydrogen-bond acceptors (Lipinski definition) is 4. The molecule has 1 heterocycles. The second kappa shape index (κ2) is 9.13. The van der Waals surface area contributed by atoms with Gasteiger partial charge in [0.2, 0.25) is 5.60 Å². The average molecular weight is 372 g/mol. The van der Waals surface area contributed by atoms with Gasteiger partial charge in [0.15, 0.2) is 0 Å². The number of quaternary nitrogens is 1. The highest BCUT2D eigenvalue weighted by molar-refractivity contribution is 5.86. The van der Waals surface area contributed by atoms with Crippen LogP contribution < -0.4 is 5.06 Å². The van der Waals surface area contributed by atoms with Gasteiger partial charge in [0.1, 0.15) is 6.10 Å². The van der Waals surface area contributed by atoms with E-state index in [-0.39, 0.29) is 24.2 Å². The van der Waals surface area contributed by atoms with Crippen molar-refractivity contribution in [2.24, 2.45) is 0 Å². The van der Waals surface area contributed by atoms with Crippen LogP contribution >= 0.6 is 0 Å². The van der Waals surface area contributed by atoms with Crippen LogP contribution in [0.5, 0.6) is 0 Å². The summed E-state index contributed by atoms with van der Waals surface area (Å²) in [6.45, 7) is -1.53. The smallest absolute Gasteiger partial charge is 0.348 e. The number of hydrogen-bond donors (Lipinski definition) is 1. The number of esters is 1. The summed E-state index contributed by atoms with van der Waals surface area (Å²) in [6.07, 6.45) is 0.409. The van der Waals surface area contributed by atoms with Crippen molar-refractivity contribution in [3.8, 4) is 0 Å². The van der Waals surface area contributed by atoms with Gasteiger partial charge in [-0.25, -0.2) is 4.79 Å². The van der Waals surface area contributed by atoms with Crippen LogP contribution in [-0.2, 0) is 19.9 Å². The van der Waals surface area contributed by atoms with Crippen molar-refractivity contribution in [1.29, 1.82) is 0 Å². The van der Waals surface area contributed by atoms with Crippen LogP contribution in [0, 0.1) is 5.21 Å². The highest BCUT2D eigenvalue weighted by Crippen LogP contribution is 2.36. The number of carbonyl (C=O) groups excluding carboxylic acids is 1. The maximum Gasteiger partial charge on any atom is 0.348 e. The number of piperidine rings is 1. The Morgan fingerprint density at radius 1 is 1.11 bits per heavy atom. The zero-order valence-electron chi connectivity index (χ0n) is 18.2. The standard InChI is InChI=1S/C22H27NO4/c1-2-17-26-22(18-9-5-3-6-10-18,19-11-7-4-8-12-19)21(24)27-20-13-15-23(25)16-14-20/h3-12,20,23H,2,13-17H2,1H3/i1D3. The predicted molar refractivity (Wildman–Crippen MR) is 103 cm³/mol. The Hall–Kier alpha value is -2.21. The second-order valence-electron chi connectivity index (χ2n) is 6.66. The fraction of sp³-hybridized carbons (Fsp3) is 0.409. The van der Waals surface area contributed by atoms with Crippen LogP contribution in [0.1, 0.15) is 41.4 Å². The van der Waals surface area contributed by atoms with Gasteiger partial charge in [0, 0.05) is 23.6 Å². The molecule has 1 fully saturated rings. The molecule has 0 amide bonds. The van der Waals surface area contributed by atoms with E-state index in [0.29, 0.717) is 37.1 Å². The van der Waals surface area contributed by atoms with E-state index in [1.807, 2.05) is 12.1 Å². The molecule has 0 unspecified atom stereocenters. The first-order valence-electron chi connectivity index (χ1n) is 10.8. The molecule has 1 saturated heterocycles. The molecule has 2 aromatic rings. The largest absolute Gasteiger partial charge is 0.634 e. The molecule has 0 spiro atoms. The Kier molecular flexibility index (Phi) is 5.35. The van der Waals surface area contributed by atoms with Gasteiger partial charge in [-0.05, 0) is 17.5 Å². The normalized spacial score (nSPS) is 22.3.